The highest BCUT2D eigenvalue weighted by Gasteiger charge is 2.01. The molecule has 2 aromatic rings. The van der Waals surface area contributed by atoms with Crippen LogP contribution in [0.15, 0.2) is 30.6 Å². The minimum absolute atomic E-state index is 0.208. The molecule has 0 unspecified atom stereocenters. The molecule has 0 aromatic carbocycles. The lowest BCUT2D eigenvalue weighted by Gasteiger charge is -1.99. The maximum absolute atomic E-state index is 10.7. The number of hydrogen-bond acceptors (Lipinski definition) is 3. The first kappa shape index (κ1) is 8.62. The molecular formula is C10H9N3O. The molecule has 14 heavy (non-hydrogen) atoms. The van der Waals surface area contributed by atoms with Crippen LogP contribution in [0.1, 0.15) is 5.56 Å². The van der Waals surface area contributed by atoms with Crippen molar-refractivity contribution < 1.29 is 4.79 Å². The standard InChI is InChI=1S/C10H9N3O/c11-10(14)5-7-4-9-8(13-6-7)2-1-3-12-9/h1-4,6H,5H2,(H2,11,14). The van der Waals surface area contributed by atoms with Crippen LogP contribution < -0.4 is 5.73 Å². The van der Waals surface area contributed by atoms with Gasteiger partial charge < -0.3 is 5.73 Å². The first-order valence-corrected chi connectivity index (χ1v) is 4.23. The molecule has 2 rings (SSSR count). The van der Waals surface area contributed by atoms with Crippen LogP contribution in [0.3, 0.4) is 0 Å². The number of fused-ring (bicyclic) bond motifs is 1. The number of pyridine rings is 2. The molecule has 70 valence electrons. The molecule has 2 heterocycles. The van der Waals surface area contributed by atoms with Crippen LogP contribution in [0.25, 0.3) is 11.0 Å². The fourth-order valence-electron chi connectivity index (χ4n) is 1.29. The van der Waals surface area contributed by atoms with Crippen molar-refractivity contribution in [3.8, 4) is 0 Å². The monoisotopic (exact) mass is 187 g/mol. The lowest BCUT2D eigenvalue weighted by atomic mass is 10.2. The zero-order chi connectivity index (χ0) is 9.97. The maximum atomic E-state index is 10.7. The lowest BCUT2D eigenvalue weighted by Crippen LogP contribution is -2.13. The Morgan fingerprint density at radius 2 is 2.21 bits per heavy atom. The minimum Gasteiger partial charge on any atom is -0.369 e. The van der Waals surface area contributed by atoms with E-state index in [1.807, 2.05) is 18.2 Å². The van der Waals surface area contributed by atoms with Crippen molar-refractivity contribution in [2.75, 3.05) is 0 Å². The van der Waals surface area contributed by atoms with E-state index in [2.05, 4.69) is 9.97 Å². The van der Waals surface area contributed by atoms with Crippen molar-refractivity contribution in [2.45, 2.75) is 6.42 Å². The summed E-state index contributed by atoms with van der Waals surface area (Å²) in [5, 5.41) is 0. The van der Waals surface area contributed by atoms with Crippen molar-refractivity contribution in [1.82, 2.24) is 9.97 Å². The molecule has 0 radical (unpaired) electrons. The fourth-order valence-corrected chi connectivity index (χ4v) is 1.29. The summed E-state index contributed by atoms with van der Waals surface area (Å²) >= 11 is 0. The molecule has 0 saturated heterocycles. The van der Waals surface area contributed by atoms with Gasteiger partial charge in [-0.15, -0.1) is 0 Å². The molecule has 0 spiro atoms. The zero-order valence-corrected chi connectivity index (χ0v) is 7.47. The Hall–Kier alpha value is -1.97. The summed E-state index contributed by atoms with van der Waals surface area (Å²) in [7, 11) is 0. The highest BCUT2D eigenvalue weighted by molar-refractivity contribution is 5.79. The van der Waals surface area contributed by atoms with Gasteiger partial charge in [0.05, 0.1) is 17.5 Å². The Bertz CT molecular complexity index is 482. The average Bonchev–Trinajstić information content (AvgIpc) is 2.17. The van der Waals surface area contributed by atoms with Gasteiger partial charge in [-0.25, -0.2) is 0 Å². The second kappa shape index (κ2) is 3.41. The summed E-state index contributed by atoms with van der Waals surface area (Å²) < 4.78 is 0. The van der Waals surface area contributed by atoms with E-state index in [9.17, 15) is 4.79 Å². The molecule has 0 saturated carbocycles. The fraction of sp³-hybridized carbons (Fsp3) is 0.100. The molecule has 1 amide bonds. The number of nitrogens with two attached hydrogens (primary N) is 1. The number of nitrogens with zero attached hydrogens (tertiary/aromatic N) is 2. The number of hydrogen-bond donors (Lipinski definition) is 1. The topological polar surface area (TPSA) is 68.9 Å². The quantitative estimate of drug-likeness (QED) is 0.750. The van der Waals surface area contributed by atoms with Crippen LogP contribution in [0, 0.1) is 0 Å². The molecular weight excluding hydrogens is 178 g/mol. The Kier molecular flexibility index (Phi) is 2.10. The zero-order valence-electron chi connectivity index (χ0n) is 7.47. The van der Waals surface area contributed by atoms with Gasteiger partial charge in [-0.1, -0.05) is 0 Å². The van der Waals surface area contributed by atoms with Gasteiger partial charge in [-0.3, -0.25) is 14.8 Å². The normalized spacial score (nSPS) is 10.3. The van der Waals surface area contributed by atoms with Gasteiger partial charge >= 0.3 is 0 Å². The second-order valence-corrected chi connectivity index (χ2v) is 3.03. The summed E-state index contributed by atoms with van der Waals surface area (Å²) in [6, 6.07) is 5.52. The van der Waals surface area contributed by atoms with Gasteiger partial charge in [-0.05, 0) is 23.8 Å². The van der Waals surface area contributed by atoms with Crippen molar-refractivity contribution >= 4 is 16.9 Å². The van der Waals surface area contributed by atoms with Crippen LogP contribution in [0.2, 0.25) is 0 Å². The Morgan fingerprint density at radius 3 is 3.00 bits per heavy atom. The molecule has 0 aliphatic carbocycles. The van der Waals surface area contributed by atoms with Gasteiger partial charge in [0, 0.05) is 12.4 Å². The van der Waals surface area contributed by atoms with Crippen molar-refractivity contribution in [3.05, 3.63) is 36.2 Å². The summed E-state index contributed by atoms with van der Waals surface area (Å²) in [5.41, 5.74) is 7.48. The number of carbonyl (C=O) groups is 1. The van der Waals surface area contributed by atoms with E-state index in [4.69, 9.17) is 5.73 Å². The molecule has 2 aromatic heterocycles. The van der Waals surface area contributed by atoms with Gasteiger partial charge in [0.25, 0.3) is 0 Å². The predicted molar refractivity (Wildman–Crippen MR) is 52.4 cm³/mol. The highest BCUT2D eigenvalue weighted by Crippen LogP contribution is 2.09. The number of primary amides is 1. The van der Waals surface area contributed by atoms with E-state index in [-0.39, 0.29) is 12.3 Å². The van der Waals surface area contributed by atoms with E-state index < -0.39 is 0 Å². The third-order valence-electron chi connectivity index (χ3n) is 1.89. The first-order chi connectivity index (χ1) is 6.75. The molecule has 4 heteroatoms. The molecule has 0 fully saturated rings. The summed E-state index contributed by atoms with van der Waals surface area (Å²) in [6.07, 6.45) is 3.55. The number of carbonyl (C=O) groups excluding carboxylic acids is 1. The Morgan fingerprint density at radius 1 is 1.36 bits per heavy atom. The van der Waals surface area contributed by atoms with Crippen LogP contribution in [0.4, 0.5) is 0 Å². The van der Waals surface area contributed by atoms with E-state index in [1.54, 1.807) is 12.4 Å². The molecule has 0 atom stereocenters. The Labute approximate surface area is 80.8 Å². The van der Waals surface area contributed by atoms with Gasteiger partial charge in [0.15, 0.2) is 0 Å². The molecule has 2 N–H and O–H groups in total. The van der Waals surface area contributed by atoms with Gasteiger partial charge in [0.2, 0.25) is 5.91 Å². The van der Waals surface area contributed by atoms with E-state index in [0.717, 1.165) is 16.6 Å². The summed E-state index contributed by atoms with van der Waals surface area (Å²) in [6.45, 7) is 0. The first-order valence-electron chi connectivity index (χ1n) is 4.23. The van der Waals surface area contributed by atoms with Crippen molar-refractivity contribution in [2.24, 2.45) is 5.73 Å². The highest BCUT2D eigenvalue weighted by atomic mass is 16.1. The maximum Gasteiger partial charge on any atom is 0.221 e. The predicted octanol–water partition coefficient (Wildman–Crippen LogP) is 0.658. The molecule has 0 aliphatic heterocycles. The van der Waals surface area contributed by atoms with Crippen LogP contribution in [-0.4, -0.2) is 15.9 Å². The third-order valence-corrected chi connectivity index (χ3v) is 1.89. The molecule has 4 nitrogen and oxygen atoms in total. The SMILES string of the molecule is NC(=O)Cc1cnc2cccnc2c1. The smallest absolute Gasteiger partial charge is 0.221 e. The third kappa shape index (κ3) is 1.69. The van der Waals surface area contributed by atoms with Gasteiger partial charge in [-0.2, -0.15) is 0 Å². The van der Waals surface area contributed by atoms with E-state index in [1.165, 1.54) is 0 Å². The Balaban J connectivity index is 2.46. The average molecular weight is 187 g/mol. The van der Waals surface area contributed by atoms with Crippen LogP contribution in [-0.2, 0) is 11.2 Å². The van der Waals surface area contributed by atoms with Crippen molar-refractivity contribution in [1.29, 1.82) is 0 Å². The number of aromatic nitrogens is 2. The number of amides is 1. The van der Waals surface area contributed by atoms with Gasteiger partial charge in [0.1, 0.15) is 0 Å². The van der Waals surface area contributed by atoms with E-state index >= 15 is 0 Å². The minimum atomic E-state index is -0.359. The largest absolute Gasteiger partial charge is 0.369 e. The van der Waals surface area contributed by atoms with E-state index in [0.29, 0.717) is 0 Å². The van der Waals surface area contributed by atoms with Crippen LogP contribution >= 0.6 is 0 Å². The lowest BCUT2D eigenvalue weighted by molar-refractivity contribution is -0.117. The molecule has 0 bridgehead atoms. The number of rotatable bonds is 2. The second-order valence-electron chi connectivity index (χ2n) is 3.03. The van der Waals surface area contributed by atoms with Crippen LogP contribution in [0.5, 0.6) is 0 Å². The van der Waals surface area contributed by atoms with Crippen molar-refractivity contribution in [3.63, 3.8) is 0 Å². The molecule has 0 aliphatic rings. The summed E-state index contributed by atoms with van der Waals surface area (Å²) in [5.74, 6) is -0.359. The summed E-state index contributed by atoms with van der Waals surface area (Å²) in [4.78, 5) is 19.0.